The minimum atomic E-state index is -0.135. The molecule has 126 valence electrons. The van der Waals surface area contributed by atoms with E-state index in [9.17, 15) is 0 Å². The lowest BCUT2D eigenvalue weighted by atomic mass is 9.74. The van der Waals surface area contributed by atoms with Crippen LogP contribution in [0.5, 0.6) is 0 Å². The number of furan rings is 1. The van der Waals surface area contributed by atoms with E-state index in [1.807, 2.05) is 6.07 Å². The molecular formula is C23H19N2O+. The fraction of sp³-hybridized carbons (Fsp3) is 0.174. The maximum absolute atomic E-state index is 6.38. The molecule has 2 aromatic heterocycles. The molecule has 1 aliphatic heterocycles. The zero-order valence-electron chi connectivity index (χ0n) is 15.1. The molecule has 0 unspecified atom stereocenters. The van der Waals surface area contributed by atoms with Gasteiger partial charge >= 0.3 is 0 Å². The Balaban J connectivity index is 1.87. The Bertz CT molecular complexity index is 1370. The second-order valence-electron chi connectivity index (χ2n) is 7.83. The van der Waals surface area contributed by atoms with E-state index in [2.05, 4.69) is 84.9 Å². The summed E-state index contributed by atoms with van der Waals surface area (Å²) in [6.45, 7) is 4.62. The first-order valence-electron chi connectivity index (χ1n) is 9.02. The lowest BCUT2D eigenvalue weighted by molar-refractivity contribution is -0.645. The van der Waals surface area contributed by atoms with E-state index < -0.39 is 0 Å². The van der Waals surface area contributed by atoms with Crippen molar-refractivity contribution in [2.75, 3.05) is 0 Å². The van der Waals surface area contributed by atoms with Crippen molar-refractivity contribution < 1.29 is 8.98 Å². The summed E-state index contributed by atoms with van der Waals surface area (Å²) in [7, 11) is 2.11. The number of hydrogen-bond acceptors (Lipinski definition) is 1. The maximum Gasteiger partial charge on any atom is 0.249 e. The normalized spacial score (nSPS) is 15.0. The predicted octanol–water partition coefficient (Wildman–Crippen LogP) is 4.99. The van der Waals surface area contributed by atoms with E-state index in [4.69, 9.17) is 4.42 Å². The molecule has 26 heavy (non-hydrogen) atoms. The van der Waals surface area contributed by atoms with Crippen LogP contribution < -0.4 is 4.57 Å². The van der Waals surface area contributed by atoms with Crippen molar-refractivity contribution in [2.24, 2.45) is 7.05 Å². The summed E-state index contributed by atoms with van der Waals surface area (Å²) in [5.41, 5.74) is 8.20. The van der Waals surface area contributed by atoms with Gasteiger partial charge in [0, 0.05) is 21.8 Å². The Morgan fingerprint density at radius 3 is 2.65 bits per heavy atom. The first-order valence-corrected chi connectivity index (χ1v) is 9.02. The lowest BCUT2D eigenvalue weighted by Crippen LogP contribution is -2.26. The summed E-state index contributed by atoms with van der Waals surface area (Å²) in [5, 5.41) is 2.38. The Morgan fingerprint density at radius 2 is 1.77 bits per heavy atom. The van der Waals surface area contributed by atoms with E-state index >= 15 is 0 Å². The molecular weight excluding hydrogens is 320 g/mol. The van der Waals surface area contributed by atoms with E-state index in [0.29, 0.717) is 0 Å². The molecule has 5 aromatic rings. The number of fused-ring (bicyclic) bond motifs is 6. The standard InChI is InChI=1S/C23H19N2O/c1-23(2)16-8-6-9-18-21(16)25(13-24(18)3)17-12-11-15-14-7-4-5-10-19(14)26-22(15)20(17)23/h4-13H,1-3H3/q+1. The number of hydrogen-bond donors (Lipinski definition) is 0. The van der Waals surface area contributed by atoms with Gasteiger partial charge in [-0.2, -0.15) is 4.57 Å². The van der Waals surface area contributed by atoms with Gasteiger partial charge in [-0.25, -0.2) is 4.57 Å². The summed E-state index contributed by atoms with van der Waals surface area (Å²) in [5.74, 6) is 0. The number of imidazole rings is 1. The molecule has 0 spiro atoms. The molecule has 0 N–H and O–H groups in total. The Kier molecular flexibility index (Phi) is 2.37. The van der Waals surface area contributed by atoms with Crippen LogP contribution in [0.2, 0.25) is 0 Å². The molecule has 0 aliphatic carbocycles. The summed E-state index contributed by atoms with van der Waals surface area (Å²) in [6.07, 6.45) is 2.18. The van der Waals surface area contributed by atoms with Gasteiger partial charge in [-0.1, -0.05) is 44.2 Å². The predicted molar refractivity (Wildman–Crippen MR) is 104 cm³/mol. The van der Waals surface area contributed by atoms with Crippen LogP contribution in [0.1, 0.15) is 25.0 Å². The first-order chi connectivity index (χ1) is 12.6. The second kappa shape index (κ2) is 4.36. The number of nitrogens with zero attached hydrogens (tertiary/aromatic N) is 2. The van der Waals surface area contributed by atoms with E-state index in [0.717, 1.165) is 11.2 Å². The van der Waals surface area contributed by atoms with Crippen LogP contribution in [0.3, 0.4) is 0 Å². The molecule has 0 saturated heterocycles. The van der Waals surface area contributed by atoms with E-state index in [-0.39, 0.29) is 5.41 Å². The summed E-state index contributed by atoms with van der Waals surface area (Å²) < 4.78 is 10.9. The van der Waals surface area contributed by atoms with Gasteiger partial charge in [0.25, 0.3) is 0 Å². The highest BCUT2D eigenvalue weighted by Crippen LogP contribution is 2.47. The second-order valence-corrected chi connectivity index (χ2v) is 7.83. The van der Waals surface area contributed by atoms with Crippen molar-refractivity contribution in [2.45, 2.75) is 19.3 Å². The highest BCUT2D eigenvalue weighted by molar-refractivity contribution is 6.07. The molecule has 1 aliphatic rings. The lowest BCUT2D eigenvalue weighted by Gasteiger charge is -2.30. The maximum atomic E-state index is 6.38. The fourth-order valence-electron chi connectivity index (χ4n) is 4.77. The molecule has 3 heterocycles. The van der Waals surface area contributed by atoms with Crippen LogP contribution in [0, 0.1) is 0 Å². The van der Waals surface area contributed by atoms with Gasteiger partial charge in [0.2, 0.25) is 6.33 Å². The minimum absolute atomic E-state index is 0.135. The van der Waals surface area contributed by atoms with Crippen molar-refractivity contribution in [3.63, 3.8) is 0 Å². The van der Waals surface area contributed by atoms with Crippen molar-refractivity contribution >= 4 is 33.0 Å². The molecule has 0 amide bonds. The van der Waals surface area contributed by atoms with Crippen LogP contribution >= 0.6 is 0 Å². The van der Waals surface area contributed by atoms with Gasteiger partial charge in [0.05, 0.1) is 12.6 Å². The first kappa shape index (κ1) is 14.1. The van der Waals surface area contributed by atoms with Gasteiger partial charge < -0.3 is 4.42 Å². The fourth-order valence-corrected chi connectivity index (χ4v) is 4.77. The van der Waals surface area contributed by atoms with Gasteiger partial charge in [0.15, 0.2) is 11.0 Å². The zero-order chi connectivity index (χ0) is 17.6. The Labute approximate surface area is 151 Å². The molecule has 0 saturated carbocycles. The highest BCUT2D eigenvalue weighted by atomic mass is 16.3. The molecule has 0 fully saturated rings. The third-order valence-corrected chi connectivity index (χ3v) is 6.01. The topological polar surface area (TPSA) is 21.9 Å². The number of aryl methyl sites for hydroxylation is 1. The quantitative estimate of drug-likeness (QED) is 0.364. The monoisotopic (exact) mass is 339 g/mol. The van der Waals surface area contributed by atoms with Crippen molar-refractivity contribution in [1.82, 2.24) is 4.57 Å². The molecule has 3 heteroatoms. The van der Waals surface area contributed by atoms with Crippen molar-refractivity contribution in [1.29, 1.82) is 0 Å². The largest absolute Gasteiger partial charge is 0.456 e. The molecule has 6 rings (SSSR count). The van der Waals surface area contributed by atoms with Crippen LogP contribution in [0.25, 0.3) is 38.7 Å². The smallest absolute Gasteiger partial charge is 0.249 e. The molecule has 0 radical (unpaired) electrons. The van der Waals surface area contributed by atoms with Crippen LogP contribution in [0.15, 0.2) is 65.3 Å². The molecule has 3 aromatic carbocycles. The van der Waals surface area contributed by atoms with Crippen LogP contribution in [0.4, 0.5) is 0 Å². The van der Waals surface area contributed by atoms with E-state index in [1.54, 1.807) is 0 Å². The minimum Gasteiger partial charge on any atom is -0.456 e. The summed E-state index contributed by atoms with van der Waals surface area (Å²) >= 11 is 0. The third-order valence-electron chi connectivity index (χ3n) is 6.01. The molecule has 0 bridgehead atoms. The van der Waals surface area contributed by atoms with Crippen molar-refractivity contribution in [3.8, 4) is 5.69 Å². The van der Waals surface area contributed by atoms with E-state index in [1.165, 1.54) is 38.6 Å². The SMILES string of the molecule is C[n+]1cn2c3c(cccc31)C(C)(C)c1c-2ccc2c1oc1ccccc12. The molecule has 3 nitrogen and oxygen atoms in total. The number of benzene rings is 3. The Morgan fingerprint density at radius 1 is 0.923 bits per heavy atom. The Hall–Kier alpha value is -3.07. The third kappa shape index (κ3) is 1.48. The molecule has 0 atom stereocenters. The summed E-state index contributed by atoms with van der Waals surface area (Å²) in [4.78, 5) is 0. The zero-order valence-corrected chi connectivity index (χ0v) is 15.1. The van der Waals surface area contributed by atoms with Gasteiger partial charge in [0.1, 0.15) is 16.9 Å². The van der Waals surface area contributed by atoms with Gasteiger partial charge in [-0.15, -0.1) is 0 Å². The van der Waals surface area contributed by atoms with Gasteiger partial charge in [-0.05, 0) is 24.3 Å². The highest BCUT2D eigenvalue weighted by Gasteiger charge is 2.40. The average molecular weight is 339 g/mol. The number of para-hydroxylation sites is 2. The van der Waals surface area contributed by atoms with Crippen LogP contribution in [-0.4, -0.2) is 4.57 Å². The number of aromatic nitrogens is 2. The van der Waals surface area contributed by atoms with Crippen molar-refractivity contribution in [3.05, 3.63) is 72.1 Å². The van der Waals surface area contributed by atoms with Gasteiger partial charge in [-0.3, -0.25) is 0 Å². The number of rotatable bonds is 0. The average Bonchev–Trinajstić information content (AvgIpc) is 3.18. The summed E-state index contributed by atoms with van der Waals surface area (Å²) in [6, 6.07) is 19.4. The van der Waals surface area contributed by atoms with Crippen LogP contribution in [-0.2, 0) is 12.5 Å².